The summed E-state index contributed by atoms with van der Waals surface area (Å²) in [6.45, 7) is 1.42. The van der Waals surface area contributed by atoms with Crippen LogP contribution in [0, 0.1) is 0 Å². The van der Waals surface area contributed by atoms with Crippen molar-refractivity contribution in [1.29, 1.82) is 0 Å². The second-order valence-corrected chi connectivity index (χ2v) is 4.79. The lowest BCUT2D eigenvalue weighted by molar-refractivity contribution is -0.271. The van der Waals surface area contributed by atoms with Crippen LogP contribution in [0.5, 0.6) is 11.5 Å². The molecule has 0 saturated carbocycles. The van der Waals surface area contributed by atoms with Crippen LogP contribution >= 0.6 is 0 Å². The zero-order valence-electron chi connectivity index (χ0n) is 12.9. The standard InChI is InChI=1S/C18H16O6/c1-18(22-14-8-4-2-5-9-14,23-15-10-6-3-7-11-15)24-17(21)13-12-16(19)20/h2-13H,1H3,(H,19,20). The Kier molecular flexibility index (Phi) is 5.57. The molecule has 6 nitrogen and oxygen atoms in total. The van der Waals surface area contributed by atoms with Crippen molar-refractivity contribution < 1.29 is 28.9 Å². The topological polar surface area (TPSA) is 82.1 Å². The van der Waals surface area contributed by atoms with E-state index in [0.717, 1.165) is 6.08 Å². The lowest BCUT2D eigenvalue weighted by Gasteiger charge is -2.29. The van der Waals surface area contributed by atoms with Crippen LogP contribution in [-0.4, -0.2) is 23.0 Å². The normalized spacial score (nSPS) is 11.0. The van der Waals surface area contributed by atoms with E-state index in [-0.39, 0.29) is 0 Å². The van der Waals surface area contributed by atoms with Gasteiger partial charge in [0.2, 0.25) is 0 Å². The molecule has 0 unspecified atom stereocenters. The van der Waals surface area contributed by atoms with Crippen LogP contribution in [0.4, 0.5) is 0 Å². The van der Waals surface area contributed by atoms with Crippen LogP contribution in [0.25, 0.3) is 0 Å². The molecular weight excluding hydrogens is 312 g/mol. The van der Waals surface area contributed by atoms with E-state index in [4.69, 9.17) is 19.3 Å². The van der Waals surface area contributed by atoms with Crippen LogP contribution in [0.2, 0.25) is 0 Å². The summed E-state index contributed by atoms with van der Waals surface area (Å²) in [6, 6.07) is 17.3. The van der Waals surface area contributed by atoms with E-state index in [1.807, 2.05) is 12.1 Å². The van der Waals surface area contributed by atoms with Gasteiger partial charge in [0, 0.05) is 12.2 Å². The molecule has 24 heavy (non-hydrogen) atoms. The monoisotopic (exact) mass is 328 g/mol. The summed E-state index contributed by atoms with van der Waals surface area (Å²) < 4.78 is 16.4. The van der Waals surface area contributed by atoms with Gasteiger partial charge in [0.05, 0.1) is 6.92 Å². The van der Waals surface area contributed by atoms with Gasteiger partial charge in [-0.05, 0) is 24.3 Å². The lowest BCUT2D eigenvalue weighted by atomic mass is 10.3. The summed E-state index contributed by atoms with van der Waals surface area (Å²) in [5.41, 5.74) is 0. The quantitative estimate of drug-likeness (QED) is 0.478. The molecule has 2 aromatic carbocycles. The average Bonchev–Trinajstić information content (AvgIpc) is 2.54. The molecule has 6 heteroatoms. The van der Waals surface area contributed by atoms with Crippen molar-refractivity contribution in [3.05, 3.63) is 72.8 Å². The number of carbonyl (C=O) groups excluding carboxylic acids is 1. The maximum Gasteiger partial charge on any atom is 0.416 e. The first kappa shape index (κ1) is 17.1. The summed E-state index contributed by atoms with van der Waals surface area (Å²) >= 11 is 0. The molecule has 0 aliphatic heterocycles. The number of hydrogen-bond donors (Lipinski definition) is 1. The number of para-hydroxylation sites is 2. The summed E-state index contributed by atoms with van der Waals surface area (Å²) in [4.78, 5) is 22.3. The number of carbonyl (C=O) groups is 2. The van der Waals surface area contributed by atoms with E-state index in [9.17, 15) is 9.59 Å². The number of hydrogen-bond acceptors (Lipinski definition) is 5. The number of carboxylic acids is 1. The first-order chi connectivity index (χ1) is 11.5. The fraction of sp³-hybridized carbons (Fsp3) is 0.111. The van der Waals surface area contributed by atoms with Crippen molar-refractivity contribution in [2.75, 3.05) is 0 Å². The van der Waals surface area contributed by atoms with Crippen LogP contribution < -0.4 is 9.47 Å². The molecule has 0 amide bonds. The first-order valence-electron chi connectivity index (χ1n) is 7.09. The van der Waals surface area contributed by atoms with Gasteiger partial charge in [-0.3, -0.25) is 0 Å². The highest BCUT2D eigenvalue weighted by molar-refractivity contribution is 5.90. The number of esters is 1. The molecule has 0 radical (unpaired) electrons. The molecule has 0 bridgehead atoms. The van der Waals surface area contributed by atoms with Gasteiger partial charge in [0.1, 0.15) is 11.5 Å². The third-order valence-corrected chi connectivity index (χ3v) is 2.74. The van der Waals surface area contributed by atoms with Crippen LogP contribution in [0.15, 0.2) is 72.8 Å². The predicted molar refractivity (Wildman–Crippen MR) is 85.4 cm³/mol. The molecule has 1 N–H and O–H groups in total. The molecule has 0 aliphatic carbocycles. The van der Waals surface area contributed by atoms with E-state index in [1.165, 1.54) is 6.92 Å². The number of rotatable bonds is 7. The van der Waals surface area contributed by atoms with Crippen molar-refractivity contribution in [3.8, 4) is 11.5 Å². The van der Waals surface area contributed by atoms with Crippen molar-refractivity contribution in [2.45, 2.75) is 12.9 Å². The maximum atomic E-state index is 11.8. The molecule has 0 fully saturated rings. The van der Waals surface area contributed by atoms with Gasteiger partial charge in [0.25, 0.3) is 0 Å². The summed E-state index contributed by atoms with van der Waals surface area (Å²) in [6.07, 6.45) is 1.46. The van der Waals surface area contributed by atoms with Gasteiger partial charge in [-0.2, -0.15) is 0 Å². The highest BCUT2D eigenvalue weighted by Gasteiger charge is 2.34. The van der Waals surface area contributed by atoms with Crippen LogP contribution in [0.3, 0.4) is 0 Å². The van der Waals surface area contributed by atoms with Crippen LogP contribution in [0.1, 0.15) is 6.92 Å². The van der Waals surface area contributed by atoms with E-state index >= 15 is 0 Å². The molecule has 2 rings (SSSR count). The summed E-state index contributed by atoms with van der Waals surface area (Å²) in [7, 11) is 0. The molecular formula is C18H16O6. The minimum atomic E-state index is -1.78. The second-order valence-electron chi connectivity index (χ2n) is 4.79. The Balaban J connectivity index is 2.19. The van der Waals surface area contributed by atoms with Gasteiger partial charge in [0.15, 0.2) is 0 Å². The number of ether oxygens (including phenoxy) is 3. The Morgan fingerprint density at radius 3 is 1.75 bits per heavy atom. The average molecular weight is 328 g/mol. The van der Waals surface area contributed by atoms with Crippen LogP contribution in [-0.2, 0) is 14.3 Å². The Bertz CT molecular complexity index is 667. The number of aliphatic carboxylic acids is 1. The summed E-state index contributed by atoms with van der Waals surface area (Å²) in [5, 5.41) is 8.57. The molecule has 0 aromatic heterocycles. The Labute approximate surface area is 138 Å². The second kappa shape index (κ2) is 7.82. The highest BCUT2D eigenvalue weighted by atomic mass is 16.9. The first-order valence-corrected chi connectivity index (χ1v) is 7.09. The minimum Gasteiger partial charge on any atom is -0.478 e. The lowest BCUT2D eigenvalue weighted by Crippen LogP contribution is -2.43. The molecule has 124 valence electrons. The molecule has 0 heterocycles. The Morgan fingerprint density at radius 2 is 1.33 bits per heavy atom. The molecule has 0 spiro atoms. The van der Waals surface area contributed by atoms with Gasteiger partial charge >= 0.3 is 17.9 Å². The fourth-order valence-corrected chi connectivity index (χ4v) is 1.82. The van der Waals surface area contributed by atoms with Gasteiger partial charge in [-0.1, -0.05) is 36.4 Å². The van der Waals surface area contributed by atoms with Gasteiger partial charge in [-0.15, -0.1) is 0 Å². The minimum absolute atomic E-state index is 0.422. The van der Waals surface area contributed by atoms with E-state index in [2.05, 4.69) is 0 Å². The van der Waals surface area contributed by atoms with Crippen molar-refractivity contribution in [1.82, 2.24) is 0 Å². The third-order valence-electron chi connectivity index (χ3n) is 2.74. The van der Waals surface area contributed by atoms with Crippen molar-refractivity contribution >= 4 is 11.9 Å². The fourth-order valence-electron chi connectivity index (χ4n) is 1.82. The summed E-state index contributed by atoms with van der Waals surface area (Å²) in [5.74, 6) is -3.10. The molecule has 0 saturated heterocycles. The van der Waals surface area contributed by atoms with E-state index in [1.54, 1.807) is 48.5 Å². The Morgan fingerprint density at radius 1 is 0.875 bits per heavy atom. The maximum absolute atomic E-state index is 11.8. The number of benzene rings is 2. The zero-order valence-corrected chi connectivity index (χ0v) is 12.9. The zero-order chi connectivity index (χ0) is 17.4. The molecule has 0 aliphatic rings. The predicted octanol–water partition coefficient (Wildman–Crippen LogP) is 3.00. The number of carboxylic acid groups (broad SMARTS) is 1. The molecule has 2 aromatic rings. The van der Waals surface area contributed by atoms with Gasteiger partial charge < -0.3 is 19.3 Å². The van der Waals surface area contributed by atoms with E-state index in [0.29, 0.717) is 17.6 Å². The smallest absolute Gasteiger partial charge is 0.416 e. The highest BCUT2D eigenvalue weighted by Crippen LogP contribution is 2.24. The van der Waals surface area contributed by atoms with Gasteiger partial charge in [-0.25, -0.2) is 9.59 Å². The largest absolute Gasteiger partial charge is 0.478 e. The van der Waals surface area contributed by atoms with Crippen molar-refractivity contribution in [2.24, 2.45) is 0 Å². The van der Waals surface area contributed by atoms with Crippen molar-refractivity contribution in [3.63, 3.8) is 0 Å². The molecule has 0 atom stereocenters. The SMILES string of the molecule is CC(OC(=O)C=CC(=O)O)(Oc1ccccc1)Oc1ccccc1. The Hall–Kier alpha value is -3.28. The van der Waals surface area contributed by atoms with E-state index < -0.39 is 17.9 Å². The third kappa shape index (κ3) is 5.49.